The van der Waals surface area contributed by atoms with Gasteiger partial charge in [0.25, 0.3) is 0 Å². The molecule has 0 amide bonds. The Morgan fingerprint density at radius 1 is 1.64 bits per heavy atom. The van der Waals surface area contributed by atoms with Gasteiger partial charge in [-0.25, -0.2) is 5.32 Å². The van der Waals surface area contributed by atoms with Crippen LogP contribution in [-0.4, -0.2) is 50.7 Å². The van der Waals surface area contributed by atoms with Crippen LogP contribution < -0.4 is 10.6 Å². The topological polar surface area (TPSA) is 29.4 Å². The number of rotatable bonds is 2. The lowest BCUT2D eigenvalue weighted by Crippen LogP contribution is -2.53. The third-order valence-corrected chi connectivity index (χ3v) is 2.38. The molecular weight excluding hydrogens is 138 g/mol. The molecule has 0 aliphatic carbocycles. The monoisotopic (exact) mass is 156 g/mol. The largest absolute Gasteiger partial charge is 0.316 e. The Labute approximate surface area is 69.1 Å². The summed E-state index contributed by atoms with van der Waals surface area (Å²) >= 11 is 0. The van der Waals surface area contributed by atoms with Crippen molar-refractivity contribution in [3.8, 4) is 0 Å². The van der Waals surface area contributed by atoms with Gasteiger partial charge in [-0.2, -0.15) is 0 Å². The summed E-state index contributed by atoms with van der Waals surface area (Å²) in [5.41, 5.74) is 0. The lowest BCUT2D eigenvalue weighted by Gasteiger charge is -2.32. The first-order valence-corrected chi connectivity index (χ1v) is 4.26. The molecule has 0 aromatic carbocycles. The maximum Gasteiger partial charge on any atom is 0.0524 e. The van der Waals surface area contributed by atoms with Crippen molar-refractivity contribution in [2.45, 2.75) is 19.0 Å². The fourth-order valence-electron chi connectivity index (χ4n) is 1.37. The molecule has 65 valence electrons. The van der Waals surface area contributed by atoms with E-state index in [1.165, 1.54) is 0 Å². The van der Waals surface area contributed by atoms with Gasteiger partial charge in [0.2, 0.25) is 0 Å². The third kappa shape index (κ3) is 2.43. The minimum atomic E-state index is 0.485. The molecule has 1 saturated heterocycles. The maximum absolute atomic E-state index is 4.55. The van der Waals surface area contributed by atoms with E-state index in [1.807, 2.05) is 7.05 Å². The molecule has 1 rings (SSSR count). The highest BCUT2D eigenvalue weighted by molar-refractivity contribution is 4.83. The van der Waals surface area contributed by atoms with Crippen LogP contribution >= 0.6 is 0 Å². The first-order valence-electron chi connectivity index (χ1n) is 4.26. The number of piperazine rings is 1. The minimum Gasteiger partial charge on any atom is -0.316 e. The van der Waals surface area contributed by atoms with Gasteiger partial charge in [-0.05, 0) is 21.0 Å². The zero-order valence-corrected chi connectivity index (χ0v) is 7.67. The maximum atomic E-state index is 4.55. The van der Waals surface area contributed by atoms with E-state index in [0.717, 1.165) is 19.6 Å². The van der Waals surface area contributed by atoms with Crippen LogP contribution in [0.15, 0.2) is 0 Å². The molecule has 0 aromatic rings. The second kappa shape index (κ2) is 4.04. The Bertz CT molecular complexity index is 116. The van der Waals surface area contributed by atoms with Gasteiger partial charge in [0, 0.05) is 25.7 Å². The molecule has 11 heavy (non-hydrogen) atoms. The molecule has 2 unspecified atom stereocenters. The molecule has 1 aliphatic heterocycles. The number of hydrogen-bond donors (Lipinski definition) is 1. The predicted molar refractivity (Wildman–Crippen MR) is 46.8 cm³/mol. The first-order chi connectivity index (χ1) is 5.24. The smallest absolute Gasteiger partial charge is 0.0524 e. The van der Waals surface area contributed by atoms with Crippen LogP contribution in [0, 0.1) is 0 Å². The zero-order chi connectivity index (χ0) is 8.27. The first kappa shape index (κ1) is 8.97. The van der Waals surface area contributed by atoms with Crippen molar-refractivity contribution in [3.63, 3.8) is 0 Å². The van der Waals surface area contributed by atoms with Gasteiger partial charge in [-0.15, -0.1) is 0 Å². The quantitative estimate of drug-likeness (QED) is 0.585. The normalized spacial score (nSPS) is 30.3. The summed E-state index contributed by atoms with van der Waals surface area (Å²) in [6.45, 7) is 5.40. The van der Waals surface area contributed by atoms with Crippen molar-refractivity contribution in [3.05, 3.63) is 0 Å². The summed E-state index contributed by atoms with van der Waals surface area (Å²) in [6.07, 6.45) is 0. The average molecular weight is 156 g/mol. The molecule has 0 aromatic heterocycles. The summed E-state index contributed by atoms with van der Waals surface area (Å²) in [7, 11) is 4.15. The van der Waals surface area contributed by atoms with E-state index in [-0.39, 0.29) is 0 Å². The molecular formula is C8H18N3. The molecule has 0 bridgehead atoms. The number of nitrogens with one attached hydrogen (secondary N) is 1. The minimum absolute atomic E-state index is 0.485. The molecule has 1 heterocycles. The van der Waals surface area contributed by atoms with Crippen LogP contribution in [0.1, 0.15) is 6.92 Å². The Morgan fingerprint density at radius 3 is 2.91 bits per heavy atom. The van der Waals surface area contributed by atoms with Gasteiger partial charge in [-0.3, -0.25) is 0 Å². The standard InChI is InChI=1S/C8H18N3/c1-7(9-2)8-6-11(3)5-4-10-8/h7-9H,4-6H2,1-3H3. The predicted octanol–water partition coefficient (Wildman–Crippen LogP) is -0.487. The zero-order valence-electron chi connectivity index (χ0n) is 7.67. The van der Waals surface area contributed by atoms with Crippen molar-refractivity contribution >= 4 is 0 Å². The van der Waals surface area contributed by atoms with Crippen molar-refractivity contribution in [2.75, 3.05) is 33.7 Å². The Kier molecular flexibility index (Phi) is 3.30. The molecule has 1 N–H and O–H groups in total. The SMILES string of the molecule is CNC(C)C1CN(C)CC[N]1. The van der Waals surface area contributed by atoms with Crippen LogP contribution in [0.25, 0.3) is 0 Å². The van der Waals surface area contributed by atoms with Crippen molar-refractivity contribution in [2.24, 2.45) is 0 Å². The molecule has 2 atom stereocenters. The molecule has 0 saturated carbocycles. The number of likely N-dealkylation sites (N-methyl/N-ethyl adjacent to an activating group) is 2. The Morgan fingerprint density at radius 2 is 2.36 bits per heavy atom. The second-order valence-corrected chi connectivity index (χ2v) is 3.31. The second-order valence-electron chi connectivity index (χ2n) is 3.31. The van der Waals surface area contributed by atoms with Crippen LogP contribution in [-0.2, 0) is 0 Å². The lowest BCUT2D eigenvalue weighted by atomic mass is 10.1. The van der Waals surface area contributed by atoms with Gasteiger partial charge < -0.3 is 10.2 Å². The van der Waals surface area contributed by atoms with E-state index in [0.29, 0.717) is 12.1 Å². The molecule has 1 fully saturated rings. The van der Waals surface area contributed by atoms with Crippen molar-refractivity contribution in [1.82, 2.24) is 15.5 Å². The number of hydrogen-bond acceptors (Lipinski definition) is 2. The highest BCUT2D eigenvalue weighted by Crippen LogP contribution is 2.01. The molecule has 3 heteroatoms. The summed E-state index contributed by atoms with van der Waals surface area (Å²) < 4.78 is 0. The molecule has 0 spiro atoms. The van der Waals surface area contributed by atoms with Gasteiger partial charge in [0.05, 0.1) is 6.04 Å². The van der Waals surface area contributed by atoms with E-state index in [9.17, 15) is 0 Å². The molecule has 3 nitrogen and oxygen atoms in total. The van der Waals surface area contributed by atoms with E-state index in [4.69, 9.17) is 0 Å². The van der Waals surface area contributed by atoms with Crippen LogP contribution in [0.5, 0.6) is 0 Å². The van der Waals surface area contributed by atoms with E-state index in [2.05, 4.69) is 29.5 Å². The van der Waals surface area contributed by atoms with Crippen molar-refractivity contribution < 1.29 is 0 Å². The summed E-state index contributed by atoms with van der Waals surface area (Å²) in [5.74, 6) is 0. The third-order valence-electron chi connectivity index (χ3n) is 2.38. The fourth-order valence-corrected chi connectivity index (χ4v) is 1.37. The van der Waals surface area contributed by atoms with Crippen LogP contribution in [0.3, 0.4) is 0 Å². The van der Waals surface area contributed by atoms with Gasteiger partial charge >= 0.3 is 0 Å². The lowest BCUT2D eigenvalue weighted by molar-refractivity contribution is 0.210. The van der Waals surface area contributed by atoms with E-state index < -0.39 is 0 Å². The molecule has 1 radical (unpaired) electrons. The number of nitrogens with zero attached hydrogens (tertiary/aromatic N) is 2. The fraction of sp³-hybridized carbons (Fsp3) is 1.00. The summed E-state index contributed by atoms with van der Waals surface area (Å²) in [5, 5.41) is 7.78. The molecule has 1 aliphatic rings. The highest BCUT2D eigenvalue weighted by atomic mass is 15.2. The van der Waals surface area contributed by atoms with E-state index in [1.54, 1.807) is 0 Å². The van der Waals surface area contributed by atoms with Gasteiger partial charge in [0.1, 0.15) is 0 Å². The summed E-state index contributed by atoms with van der Waals surface area (Å²) in [4.78, 5) is 2.34. The van der Waals surface area contributed by atoms with Gasteiger partial charge in [0.15, 0.2) is 0 Å². The van der Waals surface area contributed by atoms with Crippen molar-refractivity contribution in [1.29, 1.82) is 0 Å². The summed E-state index contributed by atoms with van der Waals surface area (Å²) in [6, 6.07) is 0.997. The highest BCUT2D eigenvalue weighted by Gasteiger charge is 2.21. The van der Waals surface area contributed by atoms with Gasteiger partial charge in [-0.1, -0.05) is 0 Å². The van der Waals surface area contributed by atoms with Crippen LogP contribution in [0.4, 0.5) is 0 Å². The Balaban J connectivity index is 2.33. The van der Waals surface area contributed by atoms with Crippen LogP contribution in [0.2, 0.25) is 0 Å². The Hall–Kier alpha value is -0.120. The van der Waals surface area contributed by atoms with E-state index >= 15 is 0 Å². The average Bonchev–Trinajstić information content (AvgIpc) is 2.03.